The van der Waals surface area contributed by atoms with E-state index in [2.05, 4.69) is 25.9 Å². The van der Waals surface area contributed by atoms with Gasteiger partial charge in [0.25, 0.3) is 5.91 Å². The third kappa shape index (κ3) is 5.68. The van der Waals surface area contributed by atoms with Gasteiger partial charge in [-0.2, -0.15) is 0 Å². The van der Waals surface area contributed by atoms with Crippen LogP contribution in [0.4, 0.5) is 10.2 Å². The summed E-state index contributed by atoms with van der Waals surface area (Å²) in [7, 11) is 0. The summed E-state index contributed by atoms with van der Waals surface area (Å²) in [6, 6.07) is 10.6. The lowest BCUT2D eigenvalue weighted by Crippen LogP contribution is -2.44. The van der Waals surface area contributed by atoms with E-state index in [4.69, 9.17) is 0 Å². The molecule has 1 saturated heterocycles. The number of hydrogen-bond acceptors (Lipinski definition) is 4. The van der Waals surface area contributed by atoms with Gasteiger partial charge in [0, 0.05) is 44.0 Å². The molecule has 1 aromatic heterocycles. The largest absolute Gasteiger partial charge is 0.357 e. The fourth-order valence-electron chi connectivity index (χ4n) is 3.39. The number of aliphatic imine (C=N–C) groups is 1. The number of aromatic nitrogens is 1. The number of amides is 1. The molecule has 1 fully saturated rings. The molecule has 7 nitrogen and oxygen atoms in total. The van der Waals surface area contributed by atoms with Crippen molar-refractivity contribution >= 4 is 17.7 Å². The fraction of sp³-hybridized carbons (Fsp3) is 0.409. The van der Waals surface area contributed by atoms with Crippen molar-refractivity contribution in [3.63, 3.8) is 0 Å². The molecule has 0 radical (unpaired) electrons. The highest BCUT2D eigenvalue weighted by Gasteiger charge is 2.25. The van der Waals surface area contributed by atoms with Crippen molar-refractivity contribution in [2.24, 2.45) is 4.99 Å². The second kappa shape index (κ2) is 10.6. The number of hydrogen-bond donors (Lipinski definition) is 3. The monoisotopic (exact) mass is 412 g/mol. The van der Waals surface area contributed by atoms with Crippen molar-refractivity contribution in [2.75, 3.05) is 31.1 Å². The highest BCUT2D eigenvalue weighted by Crippen LogP contribution is 2.20. The Balaban J connectivity index is 1.58. The zero-order valence-corrected chi connectivity index (χ0v) is 17.5. The van der Waals surface area contributed by atoms with Gasteiger partial charge in [-0.05, 0) is 50.1 Å². The molecule has 2 heterocycles. The standard InChI is InChI=1S/C22H29FN6O/c1-3-24-21(30)17-9-7-16(8-10-17)14-27-22(25-4-2)28-18-11-13-29(15-18)20-19(23)6-5-12-26-20/h5-10,12,18H,3-4,11,13-15H2,1-2H3,(H,24,30)(H2,25,27,28). The highest BCUT2D eigenvalue weighted by atomic mass is 19.1. The molecule has 3 N–H and O–H groups in total. The van der Waals surface area contributed by atoms with Crippen LogP contribution in [0.1, 0.15) is 36.2 Å². The van der Waals surface area contributed by atoms with Crippen molar-refractivity contribution in [1.82, 2.24) is 20.9 Å². The number of nitrogens with zero attached hydrogens (tertiary/aromatic N) is 3. The van der Waals surface area contributed by atoms with Gasteiger partial charge < -0.3 is 20.9 Å². The zero-order valence-electron chi connectivity index (χ0n) is 17.5. The maximum atomic E-state index is 14.0. The summed E-state index contributed by atoms with van der Waals surface area (Å²) in [5, 5.41) is 9.48. The number of benzene rings is 1. The smallest absolute Gasteiger partial charge is 0.251 e. The number of rotatable bonds is 7. The highest BCUT2D eigenvalue weighted by molar-refractivity contribution is 5.94. The lowest BCUT2D eigenvalue weighted by molar-refractivity contribution is 0.0956. The molecule has 1 aliphatic rings. The number of pyridine rings is 1. The van der Waals surface area contributed by atoms with Crippen molar-refractivity contribution in [1.29, 1.82) is 0 Å². The first kappa shape index (κ1) is 21.5. The third-order valence-corrected chi connectivity index (χ3v) is 4.89. The van der Waals surface area contributed by atoms with E-state index < -0.39 is 0 Å². The summed E-state index contributed by atoms with van der Waals surface area (Å²) in [4.78, 5) is 22.6. The molecule has 0 spiro atoms. The molecule has 3 rings (SSSR count). The number of carbonyl (C=O) groups is 1. The molecule has 2 aromatic rings. The van der Waals surface area contributed by atoms with Crippen molar-refractivity contribution in [2.45, 2.75) is 32.9 Å². The van der Waals surface area contributed by atoms with Gasteiger partial charge in [-0.15, -0.1) is 0 Å². The van der Waals surface area contributed by atoms with E-state index in [1.54, 1.807) is 12.3 Å². The summed E-state index contributed by atoms with van der Waals surface area (Å²) in [6.07, 6.45) is 2.49. The second-order valence-corrected chi connectivity index (χ2v) is 7.14. The quantitative estimate of drug-likeness (QED) is 0.480. The van der Waals surface area contributed by atoms with Gasteiger partial charge in [0.05, 0.1) is 6.54 Å². The van der Waals surface area contributed by atoms with Crippen molar-refractivity contribution < 1.29 is 9.18 Å². The van der Waals surface area contributed by atoms with Crippen LogP contribution in [-0.2, 0) is 6.54 Å². The summed E-state index contributed by atoms with van der Waals surface area (Å²) in [6.45, 7) is 7.17. The molecule has 0 bridgehead atoms. The Hall–Kier alpha value is -3.16. The molecule has 160 valence electrons. The van der Waals surface area contributed by atoms with E-state index in [1.807, 2.05) is 43.0 Å². The minimum absolute atomic E-state index is 0.0716. The lowest BCUT2D eigenvalue weighted by Gasteiger charge is -2.20. The van der Waals surface area contributed by atoms with Gasteiger partial charge in [-0.25, -0.2) is 14.4 Å². The Bertz CT molecular complexity index is 870. The van der Waals surface area contributed by atoms with Gasteiger partial charge in [-0.1, -0.05) is 12.1 Å². The number of nitrogens with one attached hydrogen (secondary N) is 3. The summed E-state index contributed by atoms with van der Waals surface area (Å²) < 4.78 is 14.0. The minimum atomic E-state index is -0.296. The summed E-state index contributed by atoms with van der Waals surface area (Å²) in [5.74, 6) is 0.752. The van der Waals surface area contributed by atoms with E-state index in [1.165, 1.54) is 6.07 Å². The first-order valence-electron chi connectivity index (χ1n) is 10.4. The Morgan fingerprint density at radius 1 is 1.20 bits per heavy atom. The normalized spacial score (nSPS) is 16.4. The summed E-state index contributed by atoms with van der Waals surface area (Å²) >= 11 is 0. The third-order valence-electron chi connectivity index (χ3n) is 4.89. The topological polar surface area (TPSA) is 81.6 Å². The zero-order chi connectivity index (χ0) is 21.3. The van der Waals surface area contributed by atoms with E-state index in [9.17, 15) is 9.18 Å². The van der Waals surface area contributed by atoms with Crippen LogP contribution in [0.2, 0.25) is 0 Å². The minimum Gasteiger partial charge on any atom is -0.357 e. The maximum Gasteiger partial charge on any atom is 0.251 e. The number of guanidine groups is 1. The van der Waals surface area contributed by atoms with E-state index in [0.29, 0.717) is 31.0 Å². The van der Waals surface area contributed by atoms with Gasteiger partial charge >= 0.3 is 0 Å². The maximum absolute atomic E-state index is 14.0. The van der Waals surface area contributed by atoms with Crippen LogP contribution in [0.25, 0.3) is 0 Å². The Morgan fingerprint density at radius 2 is 1.97 bits per heavy atom. The van der Waals surface area contributed by atoms with Gasteiger partial charge in [0.1, 0.15) is 0 Å². The first-order chi connectivity index (χ1) is 14.6. The Kier molecular flexibility index (Phi) is 7.59. The number of halogens is 1. The van der Waals surface area contributed by atoms with Crippen LogP contribution in [0.3, 0.4) is 0 Å². The SMILES string of the molecule is CCNC(=O)c1ccc(CN=C(NCC)NC2CCN(c3ncccc3F)C2)cc1. The Morgan fingerprint density at radius 3 is 2.67 bits per heavy atom. The Labute approximate surface area is 176 Å². The predicted molar refractivity (Wildman–Crippen MR) is 117 cm³/mol. The average Bonchev–Trinajstić information content (AvgIpc) is 3.21. The fourth-order valence-corrected chi connectivity index (χ4v) is 3.39. The predicted octanol–water partition coefficient (Wildman–Crippen LogP) is 2.30. The van der Waals surface area contributed by atoms with E-state index >= 15 is 0 Å². The van der Waals surface area contributed by atoms with Crippen LogP contribution in [-0.4, -0.2) is 49.1 Å². The molecular formula is C22H29FN6O. The molecule has 1 unspecified atom stereocenters. The second-order valence-electron chi connectivity index (χ2n) is 7.14. The van der Waals surface area contributed by atoms with Gasteiger partial charge in [0.15, 0.2) is 17.6 Å². The van der Waals surface area contributed by atoms with Crippen LogP contribution in [0, 0.1) is 5.82 Å². The van der Waals surface area contributed by atoms with E-state index in [0.717, 1.165) is 31.0 Å². The molecule has 0 saturated carbocycles. The first-order valence-corrected chi connectivity index (χ1v) is 10.4. The van der Waals surface area contributed by atoms with Crippen molar-refractivity contribution in [3.05, 3.63) is 59.5 Å². The molecule has 1 aromatic carbocycles. The van der Waals surface area contributed by atoms with Gasteiger partial charge in [0.2, 0.25) is 0 Å². The van der Waals surface area contributed by atoms with Crippen LogP contribution in [0.5, 0.6) is 0 Å². The molecule has 1 atom stereocenters. The summed E-state index contributed by atoms with van der Waals surface area (Å²) in [5.41, 5.74) is 1.66. The molecular weight excluding hydrogens is 383 g/mol. The molecule has 1 amide bonds. The molecule has 0 aliphatic carbocycles. The van der Waals surface area contributed by atoms with E-state index in [-0.39, 0.29) is 17.8 Å². The molecule has 30 heavy (non-hydrogen) atoms. The van der Waals surface area contributed by atoms with Crippen LogP contribution < -0.4 is 20.9 Å². The average molecular weight is 413 g/mol. The van der Waals surface area contributed by atoms with Crippen LogP contribution in [0.15, 0.2) is 47.6 Å². The van der Waals surface area contributed by atoms with Gasteiger partial charge in [-0.3, -0.25) is 4.79 Å². The molecule has 1 aliphatic heterocycles. The van der Waals surface area contributed by atoms with Crippen molar-refractivity contribution in [3.8, 4) is 0 Å². The van der Waals surface area contributed by atoms with Crippen LogP contribution >= 0.6 is 0 Å². The lowest BCUT2D eigenvalue weighted by atomic mass is 10.1. The number of carbonyl (C=O) groups excluding carboxylic acids is 1. The number of anilines is 1. The molecule has 8 heteroatoms.